The molecule has 70 valence electrons. The second kappa shape index (κ2) is 3.25. The standard InChI is InChI=1S/C9H11BrN2O/c1-2-8-11-9(10)7-4-3-6(13)5-12(7)8/h2-5H2,1H3. The number of Topliss-reactive ketones (excluding diaryl/α,β-unsaturated/α-hetero) is 1. The van der Waals surface area contributed by atoms with Crippen LogP contribution >= 0.6 is 15.9 Å². The van der Waals surface area contributed by atoms with Crippen LogP contribution in [0.1, 0.15) is 24.9 Å². The zero-order valence-corrected chi connectivity index (χ0v) is 9.10. The monoisotopic (exact) mass is 242 g/mol. The number of aromatic nitrogens is 2. The van der Waals surface area contributed by atoms with Gasteiger partial charge in [-0.15, -0.1) is 0 Å². The lowest BCUT2D eigenvalue weighted by Gasteiger charge is -2.15. The predicted molar refractivity (Wildman–Crippen MR) is 52.6 cm³/mol. The van der Waals surface area contributed by atoms with Crippen LogP contribution in [0.15, 0.2) is 4.60 Å². The summed E-state index contributed by atoms with van der Waals surface area (Å²) in [6.45, 7) is 2.57. The van der Waals surface area contributed by atoms with Gasteiger partial charge in [0.2, 0.25) is 0 Å². The number of halogens is 1. The molecular weight excluding hydrogens is 232 g/mol. The van der Waals surface area contributed by atoms with Gasteiger partial charge < -0.3 is 4.57 Å². The van der Waals surface area contributed by atoms with Gasteiger partial charge in [0.15, 0.2) is 5.78 Å². The van der Waals surface area contributed by atoms with Crippen LogP contribution in [-0.2, 0) is 24.2 Å². The van der Waals surface area contributed by atoms with Crippen molar-refractivity contribution in [1.29, 1.82) is 0 Å². The summed E-state index contributed by atoms with van der Waals surface area (Å²) in [5.74, 6) is 1.32. The molecule has 0 saturated carbocycles. The summed E-state index contributed by atoms with van der Waals surface area (Å²) in [4.78, 5) is 15.6. The zero-order valence-electron chi connectivity index (χ0n) is 7.51. The van der Waals surface area contributed by atoms with E-state index >= 15 is 0 Å². The molecule has 0 N–H and O–H groups in total. The lowest BCUT2D eigenvalue weighted by atomic mass is 10.1. The molecule has 0 fully saturated rings. The Balaban J connectivity index is 2.48. The number of ketones is 1. The van der Waals surface area contributed by atoms with Crippen molar-refractivity contribution in [3.05, 3.63) is 16.1 Å². The Morgan fingerprint density at radius 3 is 3.00 bits per heavy atom. The second-order valence-electron chi connectivity index (χ2n) is 3.24. The highest BCUT2D eigenvalue weighted by molar-refractivity contribution is 9.10. The highest BCUT2D eigenvalue weighted by Gasteiger charge is 2.21. The summed E-state index contributed by atoms with van der Waals surface area (Å²) in [7, 11) is 0. The maximum absolute atomic E-state index is 11.2. The minimum Gasteiger partial charge on any atom is -0.323 e. The number of rotatable bonds is 1. The van der Waals surface area contributed by atoms with Crippen LogP contribution in [0.2, 0.25) is 0 Å². The molecule has 0 bridgehead atoms. The van der Waals surface area contributed by atoms with Crippen molar-refractivity contribution in [1.82, 2.24) is 9.55 Å². The van der Waals surface area contributed by atoms with Crippen LogP contribution in [0.25, 0.3) is 0 Å². The van der Waals surface area contributed by atoms with Gasteiger partial charge in [0.05, 0.1) is 12.2 Å². The van der Waals surface area contributed by atoms with Crippen molar-refractivity contribution in [3.8, 4) is 0 Å². The van der Waals surface area contributed by atoms with Gasteiger partial charge >= 0.3 is 0 Å². The number of hydrogen-bond acceptors (Lipinski definition) is 2. The topological polar surface area (TPSA) is 34.9 Å². The molecule has 1 aliphatic rings. The average molecular weight is 243 g/mol. The van der Waals surface area contributed by atoms with E-state index in [1.54, 1.807) is 0 Å². The maximum atomic E-state index is 11.2. The molecule has 3 nitrogen and oxygen atoms in total. The van der Waals surface area contributed by atoms with E-state index in [2.05, 4.69) is 27.8 Å². The molecule has 0 aromatic carbocycles. The van der Waals surface area contributed by atoms with E-state index in [0.717, 1.165) is 23.3 Å². The summed E-state index contributed by atoms with van der Waals surface area (Å²) >= 11 is 3.42. The Bertz CT molecular complexity index is 357. The number of fused-ring (bicyclic) bond motifs is 1. The largest absolute Gasteiger partial charge is 0.323 e. The van der Waals surface area contributed by atoms with Crippen LogP contribution < -0.4 is 0 Å². The Kier molecular flexibility index (Phi) is 2.24. The molecule has 0 unspecified atom stereocenters. The number of nitrogens with zero attached hydrogens (tertiary/aromatic N) is 2. The maximum Gasteiger partial charge on any atom is 0.152 e. The molecule has 1 aliphatic heterocycles. The molecular formula is C9H11BrN2O. The van der Waals surface area contributed by atoms with Gasteiger partial charge in [-0.3, -0.25) is 4.79 Å². The van der Waals surface area contributed by atoms with Gasteiger partial charge in [0, 0.05) is 12.8 Å². The molecule has 0 saturated heterocycles. The third kappa shape index (κ3) is 1.43. The van der Waals surface area contributed by atoms with Crippen molar-refractivity contribution >= 4 is 21.7 Å². The first-order valence-electron chi connectivity index (χ1n) is 4.48. The Morgan fingerprint density at radius 1 is 1.54 bits per heavy atom. The smallest absolute Gasteiger partial charge is 0.152 e. The molecule has 13 heavy (non-hydrogen) atoms. The Labute approximate surface area is 85.3 Å². The van der Waals surface area contributed by atoms with Crippen molar-refractivity contribution in [2.45, 2.75) is 32.7 Å². The minimum atomic E-state index is 0.312. The van der Waals surface area contributed by atoms with Crippen molar-refractivity contribution in [2.75, 3.05) is 0 Å². The summed E-state index contributed by atoms with van der Waals surface area (Å²) in [5, 5.41) is 0. The predicted octanol–water partition coefficient (Wildman–Crippen LogP) is 1.72. The van der Waals surface area contributed by atoms with Gasteiger partial charge in [-0.25, -0.2) is 4.98 Å². The first-order valence-corrected chi connectivity index (χ1v) is 5.27. The van der Waals surface area contributed by atoms with Gasteiger partial charge in [-0.1, -0.05) is 6.92 Å². The highest BCUT2D eigenvalue weighted by Crippen LogP contribution is 2.23. The van der Waals surface area contributed by atoms with Crippen molar-refractivity contribution in [3.63, 3.8) is 0 Å². The number of aryl methyl sites for hydroxylation is 1. The highest BCUT2D eigenvalue weighted by atomic mass is 79.9. The Hall–Kier alpha value is -0.640. The SMILES string of the molecule is CCc1nc(Br)c2n1CC(=O)CC2. The first-order chi connectivity index (χ1) is 6.22. The Morgan fingerprint density at radius 2 is 2.31 bits per heavy atom. The number of carbonyl (C=O) groups excluding carboxylic acids is 1. The average Bonchev–Trinajstić information content (AvgIpc) is 2.42. The van der Waals surface area contributed by atoms with E-state index in [4.69, 9.17) is 0 Å². The fraction of sp³-hybridized carbons (Fsp3) is 0.556. The molecule has 0 radical (unpaired) electrons. The van der Waals surface area contributed by atoms with Crippen LogP contribution in [0, 0.1) is 0 Å². The van der Waals surface area contributed by atoms with E-state index < -0.39 is 0 Å². The van der Waals surface area contributed by atoms with E-state index in [9.17, 15) is 4.79 Å². The summed E-state index contributed by atoms with van der Waals surface area (Å²) < 4.78 is 2.95. The fourth-order valence-corrected chi connectivity index (χ4v) is 2.33. The zero-order chi connectivity index (χ0) is 9.42. The van der Waals surface area contributed by atoms with Gasteiger partial charge in [-0.05, 0) is 22.4 Å². The van der Waals surface area contributed by atoms with Crippen LogP contribution in [0.3, 0.4) is 0 Å². The summed E-state index contributed by atoms with van der Waals surface area (Å²) in [6, 6.07) is 0. The number of carbonyl (C=O) groups is 1. The molecule has 1 aromatic heterocycles. The second-order valence-corrected chi connectivity index (χ2v) is 4.00. The van der Waals surface area contributed by atoms with Crippen LogP contribution in [0.4, 0.5) is 0 Å². The summed E-state index contributed by atoms with van der Waals surface area (Å²) in [6.07, 6.45) is 2.37. The lowest BCUT2D eigenvalue weighted by Crippen LogP contribution is -2.21. The third-order valence-corrected chi connectivity index (χ3v) is 3.03. The molecule has 2 rings (SSSR count). The molecule has 0 atom stereocenters. The molecule has 2 heterocycles. The van der Waals surface area contributed by atoms with E-state index in [-0.39, 0.29) is 0 Å². The molecule has 1 aromatic rings. The quantitative estimate of drug-likeness (QED) is 0.752. The number of imidazole rings is 1. The van der Waals surface area contributed by atoms with Crippen molar-refractivity contribution < 1.29 is 4.79 Å². The van der Waals surface area contributed by atoms with E-state index in [0.29, 0.717) is 18.7 Å². The normalized spacial score (nSPS) is 16.0. The number of hydrogen-bond donors (Lipinski definition) is 0. The molecule has 0 amide bonds. The fourth-order valence-electron chi connectivity index (χ4n) is 1.71. The third-order valence-electron chi connectivity index (χ3n) is 2.39. The van der Waals surface area contributed by atoms with E-state index in [1.807, 2.05) is 4.57 Å². The lowest BCUT2D eigenvalue weighted by molar-refractivity contribution is -0.120. The van der Waals surface area contributed by atoms with Crippen LogP contribution in [-0.4, -0.2) is 15.3 Å². The van der Waals surface area contributed by atoms with Gasteiger partial charge in [0.25, 0.3) is 0 Å². The summed E-state index contributed by atoms with van der Waals surface area (Å²) in [5.41, 5.74) is 1.18. The van der Waals surface area contributed by atoms with Crippen molar-refractivity contribution in [2.24, 2.45) is 0 Å². The minimum absolute atomic E-state index is 0.312. The molecule has 0 spiro atoms. The molecule has 4 heteroatoms. The first kappa shape index (κ1) is 8.94. The molecule has 0 aliphatic carbocycles. The van der Waals surface area contributed by atoms with E-state index in [1.165, 1.54) is 5.69 Å². The van der Waals surface area contributed by atoms with Gasteiger partial charge in [0.1, 0.15) is 10.4 Å². The van der Waals surface area contributed by atoms with Crippen LogP contribution in [0.5, 0.6) is 0 Å². The van der Waals surface area contributed by atoms with Gasteiger partial charge in [-0.2, -0.15) is 0 Å².